The normalized spacial score (nSPS) is 22.1. The number of terminal acetylenes is 1. The van der Waals surface area contributed by atoms with Crippen molar-refractivity contribution < 1.29 is 4.79 Å². The summed E-state index contributed by atoms with van der Waals surface area (Å²) in [6.07, 6.45) is 6.61. The largest absolute Gasteiger partial charge is 0.363 e. The number of hydrogen-bond acceptors (Lipinski definition) is 3. The molecule has 4 nitrogen and oxygen atoms in total. The molecule has 0 fully saturated rings. The molecule has 1 unspecified atom stereocenters. The number of nitrogens with zero attached hydrogens (tertiary/aromatic N) is 2. The van der Waals surface area contributed by atoms with E-state index in [-0.39, 0.29) is 11.8 Å². The predicted molar refractivity (Wildman–Crippen MR) is 42.3 cm³/mol. The van der Waals surface area contributed by atoms with Gasteiger partial charge in [0.15, 0.2) is 0 Å². The van der Waals surface area contributed by atoms with Crippen molar-refractivity contribution in [3.05, 3.63) is 0 Å². The first-order chi connectivity index (χ1) is 5.24. The van der Waals surface area contributed by atoms with Gasteiger partial charge in [0.1, 0.15) is 0 Å². The summed E-state index contributed by atoms with van der Waals surface area (Å²) in [5, 5.41) is 0. The minimum atomic E-state index is -0.614. The summed E-state index contributed by atoms with van der Waals surface area (Å²) in [6, 6.07) is 0. The number of nitrogens with two attached hydrogens (primary N) is 1. The van der Waals surface area contributed by atoms with E-state index >= 15 is 0 Å². The Morgan fingerprint density at radius 1 is 1.91 bits per heavy atom. The zero-order valence-corrected chi connectivity index (χ0v) is 5.82. The summed E-state index contributed by atoms with van der Waals surface area (Å²) in [6.45, 7) is 0.401. The highest BCUT2D eigenvalue weighted by Gasteiger charge is 2.11. The third-order valence-electron chi connectivity index (χ3n) is 1.25. The van der Waals surface area contributed by atoms with Crippen molar-refractivity contribution in [1.29, 1.82) is 0 Å². The molecule has 56 valence electrons. The van der Waals surface area contributed by atoms with Gasteiger partial charge >= 0.3 is 0 Å². The summed E-state index contributed by atoms with van der Waals surface area (Å²) in [4.78, 5) is 17.9. The Kier molecular flexibility index (Phi) is 2.02. The first kappa shape index (κ1) is 7.48. The van der Waals surface area contributed by atoms with E-state index in [1.165, 1.54) is 6.21 Å². The topological polar surface area (TPSA) is 67.8 Å². The summed E-state index contributed by atoms with van der Waals surface area (Å²) >= 11 is 0. The number of hydrogen-bond donors (Lipinski definition) is 1. The third-order valence-corrected chi connectivity index (χ3v) is 1.25. The van der Waals surface area contributed by atoms with Gasteiger partial charge in [-0.2, -0.15) is 0 Å². The van der Waals surface area contributed by atoms with Crippen LogP contribution < -0.4 is 5.73 Å². The monoisotopic (exact) mass is 149 g/mol. The van der Waals surface area contributed by atoms with Crippen LogP contribution in [0.15, 0.2) is 9.98 Å². The molecule has 11 heavy (non-hydrogen) atoms. The van der Waals surface area contributed by atoms with Gasteiger partial charge in [-0.05, 0) is 0 Å². The molecule has 0 saturated carbocycles. The second-order valence-corrected chi connectivity index (χ2v) is 2.08. The molecule has 1 rings (SSSR count). The fraction of sp³-hybridized carbons (Fsp3) is 0.286. The number of rotatable bonds is 1. The quantitative estimate of drug-likeness (QED) is 0.487. The van der Waals surface area contributed by atoms with Crippen LogP contribution in [0.1, 0.15) is 0 Å². The zero-order chi connectivity index (χ0) is 8.27. The SMILES string of the molecule is C#CC1C=NC(C(N)=O)=NC1. The van der Waals surface area contributed by atoms with Crippen LogP contribution in [-0.4, -0.2) is 24.5 Å². The molecule has 1 aliphatic heterocycles. The highest BCUT2D eigenvalue weighted by molar-refractivity contribution is 6.39. The minimum Gasteiger partial charge on any atom is -0.363 e. The van der Waals surface area contributed by atoms with E-state index in [2.05, 4.69) is 15.9 Å². The fourth-order valence-electron chi connectivity index (χ4n) is 0.671. The second-order valence-electron chi connectivity index (χ2n) is 2.08. The molecule has 1 heterocycles. The van der Waals surface area contributed by atoms with E-state index in [0.29, 0.717) is 6.54 Å². The lowest BCUT2D eigenvalue weighted by Gasteiger charge is -2.06. The standard InChI is InChI=1S/C7H7N3O/c1-2-5-3-9-7(6(8)11)10-4-5/h1,3,5H,4H2,(H2,8,11). The van der Waals surface area contributed by atoms with Crippen LogP contribution in [0.2, 0.25) is 0 Å². The number of amides is 1. The molecule has 0 aromatic carbocycles. The van der Waals surface area contributed by atoms with Gasteiger partial charge in [-0.3, -0.25) is 9.79 Å². The Labute approximate surface area is 64.2 Å². The van der Waals surface area contributed by atoms with Crippen LogP contribution in [0.3, 0.4) is 0 Å². The summed E-state index contributed by atoms with van der Waals surface area (Å²) in [5.74, 6) is 1.79. The summed E-state index contributed by atoms with van der Waals surface area (Å²) in [7, 11) is 0. The predicted octanol–water partition coefficient (Wildman–Crippen LogP) is -0.796. The van der Waals surface area contributed by atoms with Gasteiger partial charge in [0.25, 0.3) is 5.91 Å². The van der Waals surface area contributed by atoms with Gasteiger partial charge in [0.05, 0.1) is 12.5 Å². The Bertz CT molecular complexity index is 272. The Balaban J connectivity index is 2.69. The Morgan fingerprint density at radius 2 is 2.64 bits per heavy atom. The molecule has 2 N–H and O–H groups in total. The van der Waals surface area contributed by atoms with Crippen molar-refractivity contribution >= 4 is 18.0 Å². The third kappa shape index (κ3) is 1.64. The summed E-state index contributed by atoms with van der Waals surface area (Å²) < 4.78 is 0. The maximum absolute atomic E-state index is 10.5. The van der Waals surface area contributed by atoms with Crippen LogP contribution in [-0.2, 0) is 4.79 Å². The first-order valence-corrected chi connectivity index (χ1v) is 3.08. The molecule has 4 heteroatoms. The van der Waals surface area contributed by atoms with Crippen molar-refractivity contribution in [3.63, 3.8) is 0 Å². The average Bonchev–Trinajstić information content (AvgIpc) is 2.05. The maximum atomic E-state index is 10.5. The van der Waals surface area contributed by atoms with E-state index in [4.69, 9.17) is 12.2 Å². The van der Waals surface area contributed by atoms with Crippen molar-refractivity contribution in [2.24, 2.45) is 21.6 Å². The minimum absolute atomic E-state index is 0.0523. The molecule has 0 bridgehead atoms. The van der Waals surface area contributed by atoms with Gasteiger partial charge in [-0.1, -0.05) is 5.92 Å². The second kappa shape index (κ2) is 2.97. The molecule has 0 radical (unpaired) electrons. The van der Waals surface area contributed by atoms with E-state index < -0.39 is 5.91 Å². The molecular formula is C7H7N3O. The molecule has 0 aromatic rings. The van der Waals surface area contributed by atoms with Gasteiger partial charge in [-0.25, -0.2) is 4.99 Å². The van der Waals surface area contributed by atoms with Gasteiger partial charge in [-0.15, -0.1) is 6.42 Å². The van der Waals surface area contributed by atoms with Crippen LogP contribution in [0, 0.1) is 18.3 Å². The smallest absolute Gasteiger partial charge is 0.286 e. The zero-order valence-electron chi connectivity index (χ0n) is 5.82. The van der Waals surface area contributed by atoms with Crippen molar-refractivity contribution in [1.82, 2.24) is 0 Å². The molecule has 0 aromatic heterocycles. The lowest BCUT2D eigenvalue weighted by atomic mass is 10.2. The highest BCUT2D eigenvalue weighted by Crippen LogP contribution is 1.98. The van der Waals surface area contributed by atoms with E-state index in [1.807, 2.05) is 0 Å². The van der Waals surface area contributed by atoms with Gasteiger partial charge < -0.3 is 5.73 Å². The van der Waals surface area contributed by atoms with E-state index in [0.717, 1.165) is 0 Å². The van der Waals surface area contributed by atoms with Gasteiger partial charge in [0.2, 0.25) is 5.84 Å². The number of primary amides is 1. The molecule has 0 spiro atoms. The van der Waals surface area contributed by atoms with Crippen molar-refractivity contribution in [3.8, 4) is 12.3 Å². The van der Waals surface area contributed by atoms with Crippen LogP contribution >= 0.6 is 0 Å². The number of amidine groups is 1. The van der Waals surface area contributed by atoms with Crippen LogP contribution in [0.5, 0.6) is 0 Å². The molecule has 1 aliphatic rings. The molecule has 0 aliphatic carbocycles. The van der Waals surface area contributed by atoms with E-state index in [9.17, 15) is 4.79 Å². The first-order valence-electron chi connectivity index (χ1n) is 3.08. The number of aliphatic imine (C=N–C) groups is 2. The molecule has 0 saturated heterocycles. The molecular weight excluding hydrogens is 142 g/mol. The van der Waals surface area contributed by atoms with E-state index in [1.54, 1.807) is 0 Å². The lowest BCUT2D eigenvalue weighted by Crippen LogP contribution is -2.25. The number of carbonyl (C=O) groups excluding carboxylic acids is 1. The lowest BCUT2D eigenvalue weighted by molar-refractivity contribution is -0.112. The Morgan fingerprint density at radius 3 is 3.00 bits per heavy atom. The van der Waals surface area contributed by atoms with Gasteiger partial charge in [0, 0.05) is 6.21 Å². The van der Waals surface area contributed by atoms with Crippen molar-refractivity contribution in [2.45, 2.75) is 0 Å². The molecule has 1 amide bonds. The fourth-order valence-corrected chi connectivity index (χ4v) is 0.671. The number of carbonyl (C=O) groups is 1. The van der Waals surface area contributed by atoms with Crippen LogP contribution in [0.4, 0.5) is 0 Å². The summed E-state index contributed by atoms with van der Waals surface area (Å²) in [5.41, 5.74) is 4.92. The van der Waals surface area contributed by atoms with Crippen molar-refractivity contribution in [2.75, 3.05) is 6.54 Å². The Hall–Kier alpha value is -1.63. The average molecular weight is 149 g/mol. The maximum Gasteiger partial charge on any atom is 0.286 e. The van der Waals surface area contributed by atoms with Crippen LogP contribution in [0.25, 0.3) is 0 Å². The molecule has 1 atom stereocenters. The highest BCUT2D eigenvalue weighted by atomic mass is 16.1.